The Hall–Kier alpha value is -2.04. The monoisotopic (exact) mass is 463 g/mol. The summed E-state index contributed by atoms with van der Waals surface area (Å²) < 4.78 is 6.01. The fourth-order valence-electron chi connectivity index (χ4n) is 3.60. The van der Waals surface area contributed by atoms with Gasteiger partial charge < -0.3 is 10.1 Å². The highest BCUT2D eigenvalue weighted by Crippen LogP contribution is 2.32. The number of hydrogen-bond acceptors (Lipinski definition) is 3. The molecule has 2 unspecified atom stereocenters. The van der Waals surface area contributed by atoms with Gasteiger partial charge in [0.15, 0.2) is 0 Å². The van der Waals surface area contributed by atoms with E-state index < -0.39 is 5.97 Å². The van der Waals surface area contributed by atoms with Crippen LogP contribution < -0.4 is 5.32 Å². The van der Waals surface area contributed by atoms with Gasteiger partial charge in [0, 0.05) is 28.1 Å². The third-order valence-corrected chi connectivity index (χ3v) is 5.50. The quantitative estimate of drug-likeness (QED) is 0.445. The molecule has 0 aliphatic carbocycles. The highest BCUT2D eigenvalue weighted by molar-refractivity contribution is 6.31. The fourth-order valence-corrected chi connectivity index (χ4v) is 3.85. The maximum atomic E-state index is 12.8. The Morgan fingerprint density at radius 3 is 1.84 bits per heavy atom. The van der Waals surface area contributed by atoms with Gasteiger partial charge in [-0.3, -0.25) is 4.79 Å². The molecule has 0 spiro atoms. The van der Waals surface area contributed by atoms with Gasteiger partial charge in [-0.25, -0.2) is 4.79 Å². The van der Waals surface area contributed by atoms with Crippen molar-refractivity contribution in [1.29, 1.82) is 0 Å². The molecule has 0 aromatic heterocycles. The number of amides is 1. The van der Waals surface area contributed by atoms with Gasteiger partial charge in [0.1, 0.15) is 6.10 Å². The first-order chi connectivity index (χ1) is 14.5. The van der Waals surface area contributed by atoms with E-state index in [0.29, 0.717) is 33.6 Å². The van der Waals surface area contributed by atoms with Crippen LogP contribution in [0.2, 0.25) is 10.0 Å². The second kappa shape index (κ2) is 11.0. The van der Waals surface area contributed by atoms with Crippen molar-refractivity contribution < 1.29 is 14.3 Å². The van der Waals surface area contributed by atoms with Crippen LogP contribution in [0.3, 0.4) is 0 Å². The lowest BCUT2D eigenvalue weighted by atomic mass is 9.77. The van der Waals surface area contributed by atoms with Crippen molar-refractivity contribution in [3.8, 4) is 0 Å². The molecule has 31 heavy (non-hydrogen) atoms. The van der Waals surface area contributed by atoms with Crippen LogP contribution in [0, 0.1) is 17.3 Å². The van der Waals surface area contributed by atoms with Gasteiger partial charge in [-0.15, -0.1) is 0 Å². The highest BCUT2D eigenvalue weighted by Gasteiger charge is 2.36. The maximum absolute atomic E-state index is 12.8. The molecule has 0 saturated carbocycles. The molecule has 0 aliphatic rings. The molecular formula is C25H31Cl2NO3. The summed E-state index contributed by atoms with van der Waals surface area (Å²) in [6.07, 6.45) is 0.417. The minimum absolute atomic E-state index is 0.0486. The van der Waals surface area contributed by atoms with Gasteiger partial charge in [-0.2, -0.15) is 0 Å². The molecule has 2 aromatic carbocycles. The van der Waals surface area contributed by atoms with E-state index in [-0.39, 0.29) is 23.3 Å². The molecule has 1 amide bonds. The van der Waals surface area contributed by atoms with E-state index in [9.17, 15) is 9.59 Å². The van der Waals surface area contributed by atoms with Gasteiger partial charge in [-0.1, -0.05) is 57.8 Å². The standard InChI is InChI=1S/C25H31Cl2NO3/c1-16(2)14-19(15-28-23(29)17-6-10-20(26)11-7-17)22(25(3,4)5)31-24(30)18-8-12-21(27)13-9-18/h6-13,16,19,22H,14-15H2,1-5H3,(H,28,29). The zero-order valence-corrected chi connectivity index (χ0v) is 20.3. The molecule has 0 bridgehead atoms. The summed E-state index contributed by atoms with van der Waals surface area (Å²) in [4.78, 5) is 25.4. The van der Waals surface area contributed by atoms with Crippen LogP contribution in [0.1, 0.15) is 61.8 Å². The average Bonchev–Trinajstić information content (AvgIpc) is 2.69. The molecule has 0 heterocycles. The molecule has 0 saturated heterocycles. The van der Waals surface area contributed by atoms with Crippen LogP contribution >= 0.6 is 23.2 Å². The Kier molecular flexibility index (Phi) is 8.96. The van der Waals surface area contributed by atoms with Crippen molar-refractivity contribution in [2.45, 2.75) is 47.1 Å². The summed E-state index contributed by atoms with van der Waals surface area (Å²) in [6.45, 7) is 10.8. The van der Waals surface area contributed by atoms with Crippen molar-refractivity contribution in [3.05, 3.63) is 69.7 Å². The minimum atomic E-state index is -0.394. The molecule has 0 radical (unpaired) electrons. The van der Waals surface area contributed by atoms with Crippen molar-refractivity contribution in [3.63, 3.8) is 0 Å². The summed E-state index contributed by atoms with van der Waals surface area (Å²) in [5, 5.41) is 4.15. The van der Waals surface area contributed by atoms with E-state index in [1.807, 2.05) is 20.8 Å². The minimum Gasteiger partial charge on any atom is -0.458 e. The van der Waals surface area contributed by atoms with E-state index >= 15 is 0 Å². The molecule has 6 heteroatoms. The van der Waals surface area contributed by atoms with Gasteiger partial charge in [-0.05, 0) is 66.3 Å². The van der Waals surface area contributed by atoms with Gasteiger partial charge >= 0.3 is 5.97 Å². The molecule has 2 aromatic rings. The van der Waals surface area contributed by atoms with E-state index in [4.69, 9.17) is 27.9 Å². The number of halogens is 2. The summed E-state index contributed by atoms with van der Waals surface area (Å²) in [5.74, 6) is -0.250. The van der Waals surface area contributed by atoms with E-state index in [0.717, 1.165) is 6.42 Å². The number of ether oxygens (including phenoxy) is 1. The van der Waals surface area contributed by atoms with Gasteiger partial charge in [0.2, 0.25) is 0 Å². The van der Waals surface area contributed by atoms with Crippen molar-refractivity contribution in [2.24, 2.45) is 17.3 Å². The highest BCUT2D eigenvalue weighted by atomic mass is 35.5. The molecular weight excluding hydrogens is 433 g/mol. The molecule has 0 fully saturated rings. The van der Waals surface area contributed by atoms with Crippen molar-refractivity contribution in [2.75, 3.05) is 6.54 Å². The second-order valence-corrected chi connectivity index (χ2v) is 10.2. The number of carbonyl (C=O) groups excluding carboxylic acids is 2. The Morgan fingerprint density at radius 2 is 1.39 bits per heavy atom. The summed E-state index contributed by atoms with van der Waals surface area (Å²) in [5.41, 5.74) is 0.678. The first kappa shape index (κ1) is 25.2. The lowest BCUT2D eigenvalue weighted by Gasteiger charge is -2.37. The van der Waals surface area contributed by atoms with E-state index in [1.165, 1.54) is 0 Å². The molecule has 2 rings (SSSR count). The molecule has 4 nitrogen and oxygen atoms in total. The van der Waals surface area contributed by atoms with Crippen LogP contribution in [-0.4, -0.2) is 24.5 Å². The molecule has 0 aliphatic heterocycles. The fraction of sp³-hybridized carbons (Fsp3) is 0.440. The maximum Gasteiger partial charge on any atom is 0.338 e. The van der Waals surface area contributed by atoms with Crippen molar-refractivity contribution in [1.82, 2.24) is 5.32 Å². The predicted octanol–water partition coefficient (Wildman–Crippen LogP) is 6.66. The van der Waals surface area contributed by atoms with Crippen LogP contribution in [-0.2, 0) is 4.74 Å². The van der Waals surface area contributed by atoms with Crippen LogP contribution in [0.15, 0.2) is 48.5 Å². The SMILES string of the molecule is CC(C)CC(CNC(=O)c1ccc(Cl)cc1)C(OC(=O)c1ccc(Cl)cc1)C(C)(C)C. The Balaban J connectivity index is 2.18. The molecule has 2 atom stereocenters. The zero-order chi connectivity index (χ0) is 23.2. The Morgan fingerprint density at radius 1 is 0.903 bits per heavy atom. The van der Waals surface area contributed by atoms with Gasteiger partial charge in [0.25, 0.3) is 5.91 Å². The number of nitrogens with one attached hydrogen (secondary N) is 1. The summed E-state index contributed by atoms with van der Waals surface area (Å²) in [7, 11) is 0. The first-order valence-corrected chi connectivity index (χ1v) is 11.2. The predicted molar refractivity (Wildman–Crippen MR) is 127 cm³/mol. The topological polar surface area (TPSA) is 55.4 Å². The normalized spacial score (nSPS) is 13.5. The van der Waals surface area contributed by atoms with Crippen molar-refractivity contribution >= 4 is 35.1 Å². The lowest BCUT2D eigenvalue weighted by Crippen LogP contribution is -2.44. The Labute approximate surface area is 195 Å². The Bertz CT molecular complexity index is 871. The largest absolute Gasteiger partial charge is 0.458 e. The summed E-state index contributed by atoms with van der Waals surface area (Å²) >= 11 is 11.8. The summed E-state index contributed by atoms with van der Waals surface area (Å²) in [6, 6.07) is 13.4. The third-order valence-electron chi connectivity index (χ3n) is 5.00. The molecule has 168 valence electrons. The number of esters is 1. The smallest absolute Gasteiger partial charge is 0.338 e. The second-order valence-electron chi connectivity index (χ2n) is 9.31. The van der Waals surface area contributed by atoms with Crippen LogP contribution in [0.5, 0.6) is 0 Å². The molecule has 1 N–H and O–H groups in total. The van der Waals surface area contributed by atoms with E-state index in [2.05, 4.69) is 19.2 Å². The number of hydrogen-bond donors (Lipinski definition) is 1. The zero-order valence-electron chi connectivity index (χ0n) is 18.7. The number of carbonyl (C=O) groups is 2. The average molecular weight is 464 g/mol. The van der Waals surface area contributed by atoms with Gasteiger partial charge in [0.05, 0.1) is 5.56 Å². The van der Waals surface area contributed by atoms with Crippen LogP contribution in [0.25, 0.3) is 0 Å². The van der Waals surface area contributed by atoms with E-state index in [1.54, 1.807) is 48.5 Å². The first-order valence-electron chi connectivity index (χ1n) is 10.5. The number of rotatable bonds is 8. The van der Waals surface area contributed by atoms with Crippen LogP contribution in [0.4, 0.5) is 0 Å². The number of benzene rings is 2. The third kappa shape index (κ3) is 7.86. The lowest BCUT2D eigenvalue weighted by molar-refractivity contribution is -0.0327.